The van der Waals surface area contributed by atoms with Crippen molar-refractivity contribution in [3.8, 4) is 0 Å². The Morgan fingerprint density at radius 1 is 1.33 bits per heavy atom. The minimum Gasteiger partial charge on any atom is -0.481 e. The molecule has 0 fully saturated rings. The van der Waals surface area contributed by atoms with Gasteiger partial charge in [-0.3, -0.25) is 4.79 Å². The first-order valence-electron chi connectivity index (χ1n) is 6.04. The summed E-state index contributed by atoms with van der Waals surface area (Å²) in [7, 11) is 0. The predicted octanol–water partition coefficient (Wildman–Crippen LogP) is 2.64. The number of hydrogen-bond donors (Lipinski definition) is 2. The number of rotatable bonds is 5. The Morgan fingerprint density at radius 2 is 1.83 bits per heavy atom. The maximum absolute atomic E-state index is 13.4. The molecule has 2 atom stereocenters. The molecule has 0 saturated carbocycles. The van der Waals surface area contributed by atoms with Crippen LogP contribution in [0.15, 0.2) is 12.1 Å². The second-order valence-corrected chi connectivity index (χ2v) is 4.84. The van der Waals surface area contributed by atoms with E-state index in [4.69, 9.17) is 5.11 Å². The van der Waals surface area contributed by atoms with Crippen LogP contribution in [0.1, 0.15) is 30.5 Å². The summed E-state index contributed by atoms with van der Waals surface area (Å²) < 4.78 is 13.4. The minimum absolute atomic E-state index is 0.131. The first-order chi connectivity index (χ1) is 8.32. The Hall–Kier alpha value is -1.42. The van der Waals surface area contributed by atoms with Crippen LogP contribution in [-0.2, 0) is 11.3 Å². The van der Waals surface area contributed by atoms with Gasteiger partial charge < -0.3 is 10.4 Å². The molecule has 100 valence electrons. The highest BCUT2D eigenvalue weighted by Crippen LogP contribution is 2.15. The van der Waals surface area contributed by atoms with Gasteiger partial charge in [0, 0.05) is 12.6 Å². The van der Waals surface area contributed by atoms with E-state index in [9.17, 15) is 9.18 Å². The third kappa shape index (κ3) is 3.53. The highest BCUT2D eigenvalue weighted by Gasteiger charge is 2.18. The zero-order chi connectivity index (χ0) is 13.9. The number of carboxylic acid groups (broad SMARTS) is 1. The molecule has 0 amide bonds. The number of carbonyl (C=O) groups is 1. The summed E-state index contributed by atoms with van der Waals surface area (Å²) in [6.07, 6.45) is 0. The van der Waals surface area contributed by atoms with Gasteiger partial charge in [-0.25, -0.2) is 4.39 Å². The molecule has 0 spiro atoms. The number of aryl methyl sites for hydroxylation is 2. The van der Waals surface area contributed by atoms with Crippen LogP contribution >= 0.6 is 0 Å². The molecule has 2 unspecified atom stereocenters. The van der Waals surface area contributed by atoms with Crippen LogP contribution in [0.3, 0.4) is 0 Å². The highest BCUT2D eigenvalue weighted by atomic mass is 19.1. The van der Waals surface area contributed by atoms with Gasteiger partial charge in [0.1, 0.15) is 5.82 Å². The largest absolute Gasteiger partial charge is 0.481 e. The van der Waals surface area contributed by atoms with E-state index in [1.54, 1.807) is 32.9 Å². The Bertz CT molecular complexity index is 422. The van der Waals surface area contributed by atoms with Crippen LogP contribution in [0.25, 0.3) is 0 Å². The summed E-state index contributed by atoms with van der Waals surface area (Å²) in [6, 6.07) is 3.44. The molecule has 1 aromatic rings. The number of aliphatic carboxylic acids is 1. The van der Waals surface area contributed by atoms with E-state index >= 15 is 0 Å². The molecule has 0 radical (unpaired) electrons. The van der Waals surface area contributed by atoms with Crippen LogP contribution < -0.4 is 5.32 Å². The Labute approximate surface area is 107 Å². The number of benzene rings is 1. The first kappa shape index (κ1) is 14.6. The van der Waals surface area contributed by atoms with Gasteiger partial charge in [-0.05, 0) is 37.5 Å². The van der Waals surface area contributed by atoms with E-state index in [1.165, 1.54) is 0 Å². The standard InChI is InChI=1S/C14H20FNO2/c1-8-5-12(6-9(2)13(8)15)7-16-11(4)10(3)14(17)18/h5-6,10-11,16H,7H2,1-4H3,(H,17,18). The SMILES string of the molecule is Cc1cc(CNC(C)C(C)C(=O)O)cc(C)c1F. The molecule has 0 aromatic heterocycles. The molecule has 0 heterocycles. The molecular formula is C14H20FNO2. The number of hydrogen-bond acceptors (Lipinski definition) is 2. The lowest BCUT2D eigenvalue weighted by Gasteiger charge is -2.18. The highest BCUT2D eigenvalue weighted by molar-refractivity contribution is 5.70. The maximum atomic E-state index is 13.4. The minimum atomic E-state index is -0.818. The molecule has 0 aliphatic heterocycles. The third-order valence-electron chi connectivity index (χ3n) is 3.26. The summed E-state index contributed by atoms with van der Waals surface area (Å²) in [5, 5.41) is 12.0. The lowest BCUT2D eigenvalue weighted by atomic mass is 10.0. The second kappa shape index (κ2) is 5.96. The topological polar surface area (TPSA) is 49.3 Å². The van der Waals surface area contributed by atoms with Crippen molar-refractivity contribution < 1.29 is 14.3 Å². The zero-order valence-electron chi connectivity index (χ0n) is 11.2. The molecule has 18 heavy (non-hydrogen) atoms. The van der Waals surface area contributed by atoms with E-state index in [0.29, 0.717) is 17.7 Å². The number of nitrogens with one attached hydrogen (secondary N) is 1. The number of carboxylic acids is 1. The summed E-state index contributed by atoms with van der Waals surface area (Å²) in [5.74, 6) is -1.44. The fraction of sp³-hybridized carbons (Fsp3) is 0.500. The van der Waals surface area contributed by atoms with Gasteiger partial charge in [0.2, 0.25) is 0 Å². The van der Waals surface area contributed by atoms with Crippen LogP contribution in [0.4, 0.5) is 4.39 Å². The van der Waals surface area contributed by atoms with Gasteiger partial charge >= 0.3 is 5.97 Å². The number of halogens is 1. The molecule has 2 N–H and O–H groups in total. The maximum Gasteiger partial charge on any atom is 0.307 e. The predicted molar refractivity (Wildman–Crippen MR) is 69.0 cm³/mol. The Kier molecular flexibility index (Phi) is 4.84. The van der Waals surface area contributed by atoms with E-state index in [0.717, 1.165) is 5.56 Å². The van der Waals surface area contributed by atoms with Crippen molar-refractivity contribution >= 4 is 5.97 Å². The van der Waals surface area contributed by atoms with Crippen molar-refractivity contribution in [3.05, 3.63) is 34.6 Å². The summed E-state index contributed by atoms with van der Waals surface area (Å²) in [4.78, 5) is 10.8. The molecule has 3 nitrogen and oxygen atoms in total. The van der Waals surface area contributed by atoms with Gasteiger partial charge in [-0.15, -0.1) is 0 Å². The monoisotopic (exact) mass is 253 g/mol. The van der Waals surface area contributed by atoms with Crippen LogP contribution in [-0.4, -0.2) is 17.1 Å². The lowest BCUT2D eigenvalue weighted by Crippen LogP contribution is -2.35. The zero-order valence-corrected chi connectivity index (χ0v) is 11.2. The van der Waals surface area contributed by atoms with Crippen LogP contribution in [0.5, 0.6) is 0 Å². The Balaban J connectivity index is 2.67. The average Bonchev–Trinajstić information content (AvgIpc) is 2.31. The van der Waals surface area contributed by atoms with E-state index in [1.807, 2.05) is 6.92 Å². The fourth-order valence-electron chi connectivity index (χ4n) is 1.81. The smallest absolute Gasteiger partial charge is 0.307 e. The van der Waals surface area contributed by atoms with Crippen molar-refractivity contribution in [2.75, 3.05) is 0 Å². The Morgan fingerprint density at radius 3 is 2.28 bits per heavy atom. The second-order valence-electron chi connectivity index (χ2n) is 4.84. The van der Waals surface area contributed by atoms with Gasteiger partial charge in [0.15, 0.2) is 0 Å². The van der Waals surface area contributed by atoms with Gasteiger partial charge in [-0.2, -0.15) is 0 Å². The molecule has 0 saturated heterocycles. The average molecular weight is 253 g/mol. The molecule has 0 aliphatic carbocycles. The van der Waals surface area contributed by atoms with Crippen molar-refractivity contribution in [3.63, 3.8) is 0 Å². The third-order valence-corrected chi connectivity index (χ3v) is 3.26. The van der Waals surface area contributed by atoms with Crippen LogP contribution in [0, 0.1) is 25.6 Å². The molecule has 1 aromatic carbocycles. The summed E-state index contributed by atoms with van der Waals surface area (Å²) in [5.41, 5.74) is 2.20. The van der Waals surface area contributed by atoms with E-state index in [2.05, 4.69) is 5.32 Å². The fourth-order valence-corrected chi connectivity index (χ4v) is 1.81. The molecule has 0 bridgehead atoms. The molecule has 0 aliphatic rings. The van der Waals surface area contributed by atoms with E-state index in [-0.39, 0.29) is 11.9 Å². The van der Waals surface area contributed by atoms with Gasteiger partial charge in [-0.1, -0.05) is 19.1 Å². The van der Waals surface area contributed by atoms with Crippen molar-refractivity contribution in [2.45, 2.75) is 40.3 Å². The van der Waals surface area contributed by atoms with Crippen LogP contribution in [0.2, 0.25) is 0 Å². The van der Waals surface area contributed by atoms with E-state index < -0.39 is 11.9 Å². The lowest BCUT2D eigenvalue weighted by molar-refractivity contribution is -0.141. The quantitative estimate of drug-likeness (QED) is 0.848. The van der Waals surface area contributed by atoms with Crippen molar-refractivity contribution in [2.24, 2.45) is 5.92 Å². The normalized spacial score (nSPS) is 14.3. The van der Waals surface area contributed by atoms with Crippen molar-refractivity contribution in [1.82, 2.24) is 5.32 Å². The molecular weight excluding hydrogens is 233 g/mol. The summed E-state index contributed by atoms with van der Waals surface area (Å²) in [6.45, 7) is 7.51. The van der Waals surface area contributed by atoms with Gasteiger partial charge in [0.25, 0.3) is 0 Å². The molecule has 1 rings (SSSR count). The van der Waals surface area contributed by atoms with Crippen molar-refractivity contribution in [1.29, 1.82) is 0 Å². The molecule has 4 heteroatoms. The summed E-state index contributed by atoms with van der Waals surface area (Å²) >= 11 is 0. The first-order valence-corrected chi connectivity index (χ1v) is 6.04. The van der Waals surface area contributed by atoms with Gasteiger partial charge in [0.05, 0.1) is 5.92 Å².